The number of carbonyl (C=O) groups excluding carboxylic acids is 3. The standard InChI is InChI=1S/C33H36ClN5O7S/c1-20-16-23(34)17-21(2)31(20)47(45,46)39-26-7-4-3-6-25(26)37-33(44)28(39)18-29(40)35-14-13-22-9-11-24(12-10-22)36-32(43)27-8-5-15-38(27)19-30(41)42/h3-4,6-7,9-12,16-17,27-28H,5,8,13-15,18-19H2,1-2H3,(H,35,40)(H,36,43)(H,37,44)(H,41,42). The van der Waals surface area contributed by atoms with Crippen LogP contribution in [0.1, 0.15) is 36.0 Å². The number of benzene rings is 3. The lowest BCUT2D eigenvalue weighted by atomic mass is 10.1. The number of hydrogen-bond acceptors (Lipinski definition) is 7. The number of fused-ring (bicyclic) bond motifs is 1. The number of nitrogens with zero attached hydrogens (tertiary/aromatic N) is 2. The van der Waals surface area contributed by atoms with Gasteiger partial charge in [0.25, 0.3) is 10.0 Å². The summed E-state index contributed by atoms with van der Waals surface area (Å²) < 4.78 is 29.4. The van der Waals surface area contributed by atoms with E-state index in [-0.39, 0.29) is 29.6 Å². The van der Waals surface area contributed by atoms with Gasteiger partial charge in [0, 0.05) is 17.3 Å². The molecule has 1 fully saturated rings. The molecule has 14 heteroatoms. The zero-order chi connectivity index (χ0) is 33.9. The van der Waals surface area contributed by atoms with E-state index in [4.69, 9.17) is 16.7 Å². The van der Waals surface area contributed by atoms with Gasteiger partial charge in [-0.15, -0.1) is 0 Å². The lowest BCUT2D eigenvalue weighted by Crippen LogP contribution is -2.53. The number of halogens is 1. The van der Waals surface area contributed by atoms with E-state index in [0.29, 0.717) is 46.9 Å². The summed E-state index contributed by atoms with van der Waals surface area (Å²) in [6.07, 6.45) is 1.39. The van der Waals surface area contributed by atoms with E-state index >= 15 is 0 Å². The number of aliphatic carboxylic acids is 1. The fourth-order valence-corrected chi connectivity index (χ4v) is 8.58. The Kier molecular flexibility index (Phi) is 10.2. The van der Waals surface area contributed by atoms with E-state index in [0.717, 1.165) is 16.3 Å². The summed E-state index contributed by atoms with van der Waals surface area (Å²) in [5.41, 5.74) is 2.87. The summed E-state index contributed by atoms with van der Waals surface area (Å²) in [4.78, 5) is 51.9. The van der Waals surface area contributed by atoms with Crippen LogP contribution in [-0.4, -0.2) is 73.8 Å². The van der Waals surface area contributed by atoms with Gasteiger partial charge in [0.05, 0.1) is 35.3 Å². The Morgan fingerprint density at radius 2 is 1.72 bits per heavy atom. The quantitative estimate of drug-likeness (QED) is 0.238. The Bertz CT molecular complexity index is 1790. The molecule has 3 amide bonds. The molecule has 4 N–H and O–H groups in total. The molecule has 0 spiro atoms. The molecule has 2 atom stereocenters. The van der Waals surface area contributed by atoms with Gasteiger partial charge in [-0.2, -0.15) is 0 Å². The van der Waals surface area contributed by atoms with E-state index in [1.807, 2.05) is 12.1 Å². The molecule has 5 rings (SSSR count). The van der Waals surface area contributed by atoms with Crippen molar-refractivity contribution < 1.29 is 32.7 Å². The highest BCUT2D eigenvalue weighted by molar-refractivity contribution is 7.93. The third-order valence-corrected chi connectivity index (χ3v) is 10.6. The molecule has 47 heavy (non-hydrogen) atoms. The lowest BCUT2D eigenvalue weighted by Gasteiger charge is -2.37. The number of carboxylic acid groups (broad SMARTS) is 1. The number of aryl methyl sites for hydroxylation is 2. The summed E-state index contributed by atoms with van der Waals surface area (Å²) in [5, 5.41) is 17.8. The van der Waals surface area contributed by atoms with Crippen LogP contribution in [0.2, 0.25) is 5.02 Å². The molecule has 1 saturated heterocycles. The largest absolute Gasteiger partial charge is 0.480 e. The topological polar surface area (TPSA) is 165 Å². The molecule has 2 aliphatic heterocycles. The van der Waals surface area contributed by atoms with E-state index in [9.17, 15) is 27.6 Å². The molecule has 0 bridgehead atoms. The van der Waals surface area contributed by atoms with Crippen LogP contribution in [0.25, 0.3) is 0 Å². The van der Waals surface area contributed by atoms with Gasteiger partial charge in [0.1, 0.15) is 6.04 Å². The second-order valence-corrected chi connectivity index (χ2v) is 13.9. The molecule has 2 aliphatic rings. The van der Waals surface area contributed by atoms with Gasteiger partial charge in [0.15, 0.2) is 0 Å². The molecule has 0 radical (unpaired) electrons. The Morgan fingerprint density at radius 3 is 2.40 bits per heavy atom. The zero-order valence-electron chi connectivity index (χ0n) is 26.0. The molecule has 2 heterocycles. The van der Waals surface area contributed by atoms with Crippen molar-refractivity contribution in [1.82, 2.24) is 10.2 Å². The van der Waals surface area contributed by atoms with Gasteiger partial charge in [-0.3, -0.25) is 28.4 Å². The highest BCUT2D eigenvalue weighted by atomic mass is 35.5. The van der Waals surface area contributed by atoms with Crippen LogP contribution in [-0.2, 0) is 35.6 Å². The smallest absolute Gasteiger partial charge is 0.317 e. The zero-order valence-corrected chi connectivity index (χ0v) is 27.5. The summed E-state index contributed by atoms with van der Waals surface area (Å²) in [5.74, 6) is -2.34. The molecule has 2 unspecified atom stereocenters. The van der Waals surface area contributed by atoms with Crippen molar-refractivity contribution >= 4 is 62.4 Å². The third-order valence-electron chi connectivity index (χ3n) is 8.27. The van der Waals surface area contributed by atoms with Gasteiger partial charge in [-0.1, -0.05) is 35.9 Å². The number of rotatable bonds is 11. The summed E-state index contributed by atoms with van der Waals surface area (Å²) in [6, 6.07) is 14.9. The minimum atomic E-state index is -4.30. The second kappa shape index (κ2) is 14.1. The van der Waals surface area contributed by atoms with Crippen LogP contribution in [0.4, 0.5) is 17.1 Å². The summed E-state index contributed by atoms with van der Waals surface area (Å²) in [6.45, 7) is 3.87. The number of likely N-dealkylation sites (tertiary alicyclic amines) is 1. The number of nitrogens with one attached hydrogen (secondary N) is 3. The number of carbonyl (C=O) groups is 4. The van der Waals surface area contributed by atoms with Crippen molar-refractivity contribution in [2.75, 3.05) is 34.6 Å². The SMILES string of the molecule is Cc1cc(Cl)cc(C)c1S(=O)(=O)N1c2ccccc2NC(=O)C1CC(=O)NCCc1ccc(NC(=O)C2CCCN2CC(=O)O)cc1. The molecular formula is C33H36ClN5O7S. The summed E-state index contributed by atoms with van der Waals surface area (Å²) >= 11 is 6.16. The van der Waals surface area contributed by atoms with E-state index in [1.54, 1.807) is 67.3 Å². The van der Waals surface area contributed by atoms with Crippen LogP contribution in [0.15, 0.2) is 65.6 Å². The first-order chi connectivity index (χ1) is 22.3. The minimum absolute atomic E-state index is 0.0253. The monoisotopic (exact) mass is 681 g/mol. The van der Waals surface area contributed by atoms with Gasteiger partial charge in [-0.25, -0.2) is 8.42 Å². The maximum absolute atomic E-state index is 14.2. The molecule has 3 aromatic carbocycles. The fraction of sp³-hybridized carbons (Fsp3) is 0.333. The maximum Gasteiger partial charge on any atom is 0.317 e. The number of para-hydroxylation sites is 2. The number of sulfonamides is 1. The molecule has 0 aromatic heterocycles. The van der Waals surface area contributed by atoms with Crippen molar-refractivity contribution in [2.24, 2.45) is 0 Å². The van der Waals surface area contributed by atoms with Crippen molar-refractivity contribution in [3.8, 4) is 0 Å². The number of hydrogen-bond donors (Lipinski definition) is 4. The van der Waals surface area contributed by atoms with Crippen LogP contribution < -0.4 is 20.3 Å². The fourth-order valence-electron chi connectivity index (χ4n) is 6.20. The van der Waals surface area contributed by atoms with E-state index in [1.165, 1.54) is 0 Å². The van der Waals surface area contributed by atoms with Crippen molar-refractivity contribution in [3.05, 3.63) is 82.4 Å². The van der Waals surface area contributed by atoms with Crippen LogP contribution in [0.5, 0.6) is 0 Å². The average Bonchev–Trinajstić information content (AvgIpc) is 3.45. The molecule has 0 saturated carbocycles. The lowest BCUT2D eigenvalue weighted by molar-refractivity contribution is -0.139. The van der Waals surface area contributed by atoms with Gasteiger partial charge in [-0.05, 0) is 92.7 Å². The predicted molar refractivity (Wildman–Crippen MR) is 178 cm³/mol. The molecule has 3 aromatic rings. The second-order valence-electron chi connectivity index (χ2n) is 11.7. The minimum Gasteiger partial charge on any atom is -0.480 e. The molecule has 248 valence electrons. The van der Waals surface area contributed by atoms with Crippen LogP contribution >= 0.6 is 11.6 Å². The first-order valence-electron chi connectivity index (χ1n) is 15.2. The Labute approximate surface area is 278 Å². The first-order valence-corrected chi connectivity index (χ1v) is 17.0. The van der Waals surface area contributed by atoms with Crippen molar-refractivity contribution in [1.29, 1.82) is 0 Å². The third kappa shape index (κ3) is 7.58. The molecule has 12 nitrogen and oxygen atoms in total. The number of amides is 3. The normalized spacial score (nSPS) is 17.9. The average molecular weight is 682 g/mol. The predicted octanol–water partition coefficient (Wildman–Crippen LogP) is 3.71. The van der Waals surface area contributed by atoms with Gasteiger partial charge < -0.3 is 21.1 Å². The summed E-state index contributed by atoms with van der Waals surface area (Å²) in [7, 11) is -4.30. The van der Waals surface area contributed by atoms with Crippen LogP contribution in [0.3, 0.4) is 0 Å². The molecular weight excluding hydrogens is 646 g/mol. The Morgan fingerprint density at radius 1 is 1.04 bits per heavy atom. The number of anilines is 3. The maximum atomic E-state index is 14.2. The van der Waals surface area contributed by atoms with E-state index in [2.05, 4.69) is 16.0 Å². The first kappa shape index (κ1) is 33.9. The highest BCUT2D eigenvalue weighted by Crippen LogP contribution is 2.39. The van der Waals surface area contributed by atoms with Crippen LogP contribution in [0, 0.1) is 13.8 Å². The Hall–Kier alpha value is -4.46. The van der Waals surface area contributed by atoms with Gasteiger partial charge in [0.2, 0.25) is 17.7 Å². The highest BCUT2D eigenvalue weighted by Gasteiger charge is 2.43. The van der Waals surface area contributed by atoms with E-state index < -0.39 is 46.3 Å². The van der Waals surface area contributed by atoms with Gasteiger partial charge >= 0.3 is 5.97 Å². The molecule has 0 aliphatic carbocycles. The number of carboxylic acids is 1. The Balaban J connectivity index is 1.23. The van der Waals surface area contributed by atoms with Crippen molar-refractivity contribution in [2.45, 2.75) is 56.5 Å². The van der Waals surface area contributed by atoms with Crippen molar-refractivity contribution in [3.63, 3.8) is 0 Å².